The van der Waals surface area contributed by atoms with Gasteiger partial charge in [-0.15, -0.1) is 0 Å². The summed E-state index contributed by atoms with van der Waals surface area (Å²) in [5.41, 5.74) is 6.39. The fraction of sp³-hybridized carbons (Fsp3) is 0.333. The van der Waals surface area contributed by atoms with Crippen LogP contribution in [-0.2, 0) is 10.3 Å². The molecule has 2 aliphatic heterocycles. The van der Waals surface area contributed by atoms with Gasteiger partial charge >= 0.3 is 0 Å². The van der Waals surface area contributed by atoms with E-state index in [1.807, 2.05) is 13.0 Å². The molecule has 3 atom stereocenters. The number of hydrogen-bond acceptors (Lipinski definition) is 7. The summed E-state index contributed by atoms with van der Waals surface area (Å²) in [6.45, 7) is 2.27. The van der Waals surface area contributed by atoms with Gasteiger partial charge in [0.1, 0.15) is 23.1 Å². The number of rotatable bonds is 4. The van der Waals surface area contributed by atoms with E-state index in [0.29, 0.717) is 27.7 Å². The summed E-state index contributed by atoms with van der Waals surface area (Å²) in [5, 5.41) is 12.0. The topological polar surface area (TPSA) is 113 Å². The number of nitrogens with one attached hydrogen (secondary N) is 1. The lowest BCUT2D eigenvalue weighted by molar-refractivity contribution is 0.0904. The average Bonchev–Trinajstić information content (AvgIpc) is 3.13. The number of ether oxygens (including phenoxy) is 1. The maximum absolute atomic E-state index is 15.0. The van der Waals surface area contributed by atoms with E-state index in [4.69, 9.17) is 15.7 Å². The van der Waals surface area contributed by atoms with Gasteiger partial charge < -0.3 is 15.8 Å². The van der Waals surface area contributed by atoms with Gasteiger partial charge in [0.15, 0.2) is 5.17 Å². The third-order valence-electron chi connectivity index (χ3n) is 5.52. The predicted octanol–water partition coefficient (Wildman–Crippen LogP) is 3.03. The molecule has 0 bridgehead atoms. The molecule has 0 saturated carbocycles. The van der Waals surface area contributed by atoms with Crippen LogP contribution in [0.25, 0.3) is 0 Å². The van der Waals surface area contributed by atoms with Gasteiger partial charge in [-0.25, -0.2) is 14.4 Å². The highest BCUT2D eigenvalue weighted by molar-refractivity contribution is 8.13. The molecule has 7 nitrogen and oxygen atoms in total. The molecule has 0 spiro atoms. The zero-order chi connectivity index (χ0) is 21.3. The highest BCUT2D eigenvalue weighted by atomic mass is 32.2. The number of thioether (sulfide) groups is 1. The van der Waals surface area contributed by atoms with Crippen LogP contribution >= 0.6 is 11.8 Å². The van der Waals surface area contributed by atoms with Crippen molar-refractivity contribution >= 4 is 28.5 Å². The van der Waals surface area contributed by atoms with Crippen molar-refractivity contribution in [1.29, 1.82) is 5.26 Å². The summed E-state index contributed by atoms with van der Waals surface area (Å²) in [6, 6.07) is 9.33. The molecule has 3 N–H and O–H groups in total. The van der Waals surface area contributed by atoms with Gasteiger partial charge in [-0.2, -0.15) is 5.26 Å². The Bertz CT molecular complexity index is 1050. The van der Waals surface area contributed by atoms with Crippen molar-refractivity contribution in [2.24, 2.45) is 16.6 Å². The molecule has 154 valence electrons. The van der Waals surface area contributed by atoms with Crippen molar-refractivity contribution in [1.82, 2.24) is 4.98 Å². The summed E-state index contributed by atoms with van der Waals surface area (Å²) in [4.78, 5) is 21.2. The molecular weight excluding hydrogens is 405 g/mol. The van der Waals surface area contributed by atoms with Crippen molar-refractivity contribution in [3.8, 4) is 6.07 Å². The van der Waals surface area contributed by atoms with Crippen LogP contribution in [0.1, 0.15) is 35.0 Å². The first-order valence-corrected chi connectivity index (χ1v) is 10.5. The number of benzene rings is 1. The Morgan fingerprint density at radius 2 is 2.30 bits per heavy atom. The molecule has 0 aliphatic carbocycles. The zero-order valence-corrected chi connectivity index (χ0v) is 17.1. The largest absolute Gasteiger partial charge is 0.379 e. The fourth-order valence-corrected chi connectivity index (χ4v) is 5.06. The molecule has 1 amide bonds. The summed E-state index contributed by atoms with van der Waals surface area (Å²) in [5.74, 6) is -0.194. The van der Waals surface area contributed by atoms with Gasteiger partial charge in [-0.05, 0) is 36.8 Å². The maximum Gasteiger partial charge on any atom is 0.274 e. The second kappa shape index (κ2) is 8.05. The van der Waals surface area contributed by atoms with E-state index in [-0.39, 0.29) is 24.3 Å². The second-order valence-corrected chi connectivity index (χ2v) is 8.28. The number of anilines is 1. The van der Waals surface area contributed by atoms with E-state index >= 15 is 0 Å². The zero-order valence-electron chi connectivity index (χ0n) is 16.3. The number of aromatic nitrogens is 1. The third-order valence-corrected chi connectivity index (χ3v) is 6.43. The van der Waals surface area contributed by atoms with Crippen molar-refractivity contribution in [2.75, 3.05) is 17.7 Å². The first kappa shape index (κ1) is 20.3. The monoisotopic (exact) mass is 425 g/mol. The minimum Gasteiger partial charge on any atom is -0.379 e. The van der Waals surface area contributed by atoms with Gasteiger partial charge in [-0.1, -0.05) is 18.7 Å². The number of fused-ring (bicyclic) bond motifs is 1. The van der Waals surface area contributed by atoms with Crippen molar-refractivity contribution < 1.29 is 13.9 Å². The second-order valence-electron chi connectivity index (χ2n) is 7.24. The molecule has 0 radical (unpaired) electrons. The van der Waals surface area contributed by atoms with Crippen LogP contribution in [-0.4, -0.2) is 34.5 Å². The normalized spacial score (nSPS) is 25.2. The highest BCUT2D eigenvalue weighted by Gasteiger charge is 2.53. The molecule has 1 aromatic heterocycles. The fourth-order valence-electron chi connectivity index (χ4n) is 3.99. The summed E-state index contributed by atoms with van der Waals surface area (Å²) < 4.78 is 20.9. The van der Waals surface area contributed by atoms with E-state index in [0.717, 1.165) is 6.42 Å². The molecular formula is C21H20FN5O2S. The number of halogens is 1. The third kappa shape index (κ3) is 3.53. The number of carbonyl (C=O) groups is 1. The molecule has 2 aromatic rings. The van der Waals surface area contributed by atoms with Gasteiger partial charge in [0.25, 0.3) is 5.91 Å². The molecule has 4 rings (SSSR count). The van der Waals surface area contributed by atoms with Crippen LogP contribution in [0.5, 0.6) is 0 Å². The molecule has 3 unspecified atom stereocenters. The summed E-state index contributed by atoms with van der Waals surface area (Å²) in [6.07, 6.45) is 2.09. The quantitative estimate of drug-likeness (QED) is 0.778. The minimum absolute atomic E-state index is 0.0135. The number of pyridine rings is 1. The first-order chi connectivity index (χ1) is 14.5. The van der Waals surface area contributed by atoms with Crippen molar-refractivity contribution in [3.05, 3.63) is 59.2 Å². The van der Waals surface area contributed by atoms with Gasteiger partial charge in [-0.3, -0.25) is 4.79 Å². The average molecular weight is 425 g/mol. The lowest BCUT2D eigenvalue weighted by Crippen LogP contribution is -2.42. The number of aliphatic imine (C=N–C) groups is 1. The van der Waals surface area contributed by atoms with E-state index in [1.54, 1.807) is 6.07 Å². The number of nitrogens with zero attached hydrogens (tertiary/aromatic N) is 3. The number of amidine groups is 1. The molecule has 1 saturated heterocycles. The number of amides is 1. The van der Waals surface area contributed by atoms with Gasteiger partial charge in [0, 0.05) is 29.1 Å². The van der Waals surface area contributed by atoms with Crippen LogP contribution in [0.4, 0.5) is 10.1 Å². The number of carbonyl (C=O) groups excluding carboxylic acids is 1. The highest BCUT2D eigenvalue weighted by Crippen LogP contribution is 2.49. The molecule has 1 fully saturated rings. The van der Waals surface area contributed by atoms with Crippen LogP contribution in [0.3, 0.4) is 0 Å². The molecule has 2 aliphatic rings. The Labute approximate surface area is 177 Å². The van der Waals surface area contributed by atoms with Crippen LogP contribution in [0, 0.1) is 23.1 Å². The Morgan fingerprint density at radius 3 is 3.00 bits per heavy atom. The van der Waals surface area contributed by atoms with Gasteiger partial charge in [0.2, 0.25) is 0 Å². The van der Waals surface area contributed by atoms with E-state index in [2.05, 4.69) is 15.3 Å². The predicted molar refractivity (Wildman–Crippen MR) is 113 cm³/mol. The first-order valence-electron chi connectivity index (χ1n) is 9.54. The lowest BCUT2D eigenvalue weighted by Gasteiger charge is -2.36. The van der Waals surface area contributed by atoms with Crippen molar-refractivity contribution in [2.45, 2.75) is 25.0 Å². The van der Waals surface area contributed by atoms with Crippen LogP contribution < -0.4 is 11.1 Å². The van der Waals surface area contributed by atoms with Crippen molar-refractivity contribution in [3.63, 3.8) is 0 Å². The molecule has 30 heavy (non-hydrogen) atoms. The summed E-state index contributed by atoms with van der Waals surface area (Å²) in [7, 11) is 0. The smallest absolute Gasteiger partial charge is 0.274 e. The van der Waals surface area contributed by atoms with E-state index in [1.165, 1.54) is 42.2 Å². The Balaban J connectivity index is 1.67. The number of hydrogen-bond donors (Lipinski definition) is 2. The Kier molecular flexibility index (Phi) is 5.45. The summed E-state index contributed by atoms with van der Waals surface area (Å²) >= 11 is 1.45. The van der Waals surface area contributed by atoms with E-state index in [9.17, 15) is 9.18 Å². The SMILES string of the molecule is CCC1OCC2(c3cc(NC(=O)c4ccc(C#N)cn4)ccc3F)N=C(N)SCC12. The Morgan fingerprint density at radius 1 is 1.47 bits per heavy atom. The molecule has 9 heteroatoms. The van der Waals surface area contributed by atoms with E-state index < -0.39 is 17.3 Å². The van der Waals surface area contributed by atoms with Crippen LogP contribution in [0.15, 0.2) is 41.5 Å². The lowest BCUT2D eigenvalue weighted by atomic mass is 9.78. The Hall–Kier alpha value is -2.96. The van der Waals surface area contributed by atoms with Crippen LogP contribution in [0.2, 0.25) is 0 Å². The number of nitrogens with two attached hydrogens (primary N) is 1. The molecule has 1 aromatic carbocycles. The standard InChI is InChI=1S/C21H20FN5O2S/c1-2-18-15-10-30-20(24)27-21(15,11-29-18)14-7-13(4-5-16(14)22)26-19(28)17-6-3-12(8-23)9-25-17/h3-7,9,15,18H,2,10-11H2,1H3,(H2,24,27)(H,26,28). The number of nitriles is 1. The van der Waals surface area contributed by atoms with Gasteiger partial charge in [0.05, 0.1) is 18.3 Å². The minimum atomic E-state index is -0.909. The molecule has 3 heterocycles. The maximum atomic E-state index is 15.0.